The van der Waals surface area contributed by atoms with Gasteiger partial charge in [-0.1, -0.05) is 18.2 Å². The van der Waals surface area contributed by atoms with Gasteiger partial charge in [0, 0.05) is 22.2 Å². The van der Waals surface area contributed by atoms with Crippen molar-refractivity contribution in [2.45, 2.75) is 4.90 Å². The van der Waals surface area contributed by atoms with Crippen molar-refractivity contribution >= 4 is 44.2 Å². The van der Waals surface area contributed by atoms with Gasteiger partial charge in [0.05, 0.1) is 23.8 Å². The lowest BCUT2D eigenvalue weighted by Crippen LogP contribution is -2.40. The molecule has 0 saturated carbocycles. The molecule has 0 aromatic heterocycles. The van der Waals surface area contributed by atoms with Gasteiger partial charge in [0.1, 0.15) is 0 Å². The molecule has 0 radical (unpaired) electrons. The minimum atomic E-state index is -3.63. The maximum atomic E-state index is 12.7. The van der Waals surface area contributed by atoms with Gasteiger partial charge >= 0.3 is 0 Å². The number of sulfonamides is 1. The third-order valence-electron chi connectivity index (χ3n) is 3.83. The minimum absolute atomic E-state index is 0.116. The Hall–Kier alpha value is -1.49. The van der Waals surface area contributed by atoms with Crippen LogP contribution in [-0.4, -0.2) is 44.9 Å². The van der Waals surface area contributed by atoms with Gasteiger partial charge in [-0.05, 0) is 52.9 Å². The Morgan fingerprint density at radius 2 is 1.80 bits per heavy atom. The van der Waals surface area contributed by atoms with Crippen LogP contribution < -0.4 is 5.32 Å². The van der Waals surface area contributed by atoms with Gasteiger partial charge in [-0.2, -0.15) is 4.31 Å². The average molecular weight is 472 g/mol. The van der Waals surface area contributed by atoms with Crippen LogP contribution in [0.2, 0.25) is 0 Å². The smallest absolute Gasteiger partial charge is 0.255 e. The summed E-state index contributed by atoms with van der Waals surface area (Å²) in [5.41, 5.74) is 0.989. The summed E-state index contributed by atoms with van der Waals surface area (Å²) in [6, 6.07) is 13.5. The summed E-state index contributed by atoms with van der Waals surface area (Å²) >= 11 is 2.13. The number of hydrogen-bond acceptors (Lipinski definition) is 4. The fourth-order valence-electron chi connectivity index (χ4n) is 2.49. The van der Waals surface area contributed by atoms with E-state index in [4.69, 9.17) is 4.74 Å². The van der Waals surface area contributed by atoms with Crippen LogP contribution in [0.5, 0.6) is 0 Å². The number of halogens is 1. The quantitative estimate of drug-likeness (QED) is 0.695. The Morgan fingerprint density at radius 3 is 2.52 bits per heavy atom. The average Bonchev–Trinajstić information content (AvgIpc) is 2.64. The Bertz CT molecular complexity index is 880. The van der Waals surface area contributed by atoms with E-state index in [1.54, 1.807) is 18.2 Å². The maximum Gasteiger partial charge on any atom is 0.255 e. The summed E-state index contributed by atoms with van der Waals surface area (Å²) in [6.45, 7) is 1.40. The van der Waals surface area contributed by atoms with Crippen LogP contribution in [0.25, 0.3) is 0 Å². The highest BCUT2D eigenvalue weighted by Crippen LogP contribution is 2.21. The third-order valence-corrected chi connectivity index (χ3v) is 6.66. The number of carbonyl (C=O) groups excluding carboxylic acids is 1. The van der Waals surface area contributed by atoms with Crippen molar-refractivity contribution in [3.8, 4) is 0 Å². The van der Waals surface area contributed by atoms with Crippen LogP contribution in [0.4, 0.5) is 5.69 Å². The van der Waals surface area contributed by atoms with E-state index in [0.717, 1.165) is 3.57 Å². The van der Waals surface area contributed by atoms with Gasteiger partial charge in [-0.3, -0.25) is 4.79 Å². The number of morpholine rings is 1. The van der Waals surface area contributed by atoms with Gasteiger partial charge in [0.15, 0.2) is 0 Å². The first kappa shape index (κ1) is 18.3. The van der Waals surface area contributed by atoms with Crippen LogP contribution in [0.1, 0.15) is 10.4 Å². The molecule has 2 aromatic carbocycles. The zero-order chi connectivity index (χ0) is 17.9. The standard InChI is InChI=1S/C17H17IN2O4S/c18-15-6-1-2-7-16(15)19-17(21)13-4-3-5-14(12-13)25(22,23)20-8-10-24-11-9-20/h1-7,12H,8-11H2,(H,19,21). The molecule has 0 aliphatic carbocycles. The van der Waals surface area contributed by atoms with Gasteiger partial charge in [0.25, 0.3) is 5.91 Å². The van der Waals surface area contributed by atoms with Crippen LogP contribution in [0.15, 0.2) is 53.4 Å². The molecule has 3 rings (SSSR count). The molecule has 1 amide bonds. The first-order chi connectivity index (χ1) is 12.0. The largest absolute Gasteiger partial charge is 0.379 e. The van der Waals surface area contributed by atoms with Crippen molar-refractivity contribution in [2.75, 3.05) is 31.6 Å². The number of nitrogens with zero attached hydrogens (tertiary/aromatic N) is 1. The Balaban J connectivity index is 1.83. The molecule has 0 spiro atoms. The summed E-state index contributed by atoms with van der Waals surface area (Å²) in [5.74, 6) is -0.344. The molecule has 1 heterocycles. The first-order valence-electron chi connectivity index (χ1n) is 7.72. The summed E-state index contributed by atoms with van der Waals surface area (Å²) in [4.78, 5) is 12.6. The van der Waals surface area contributed by atoms with E-state index in [-0.39, 0.29) is 10.8 Å². The second-order valence-electron chi connectivity index (χ2n) is 5.48. The molecule has 0 bridgehead atoms. The van der Waals surface area contributed by atoms with Crippen LogP contribution in [0, 0.1) is 3.57 Å². The van der Waals surface area contributed by atoms with Gasteiger partial charge in [0.2, 0.25) is 10.0 Å². The van der Waals surface area contributed by atoms with Gasteiger partial charge in [-0.15, -0.1) is 0 Å². The highest BCUT2D eigenvalue weighted by atomic mass is 127. The fourth-order valence-corrected chi connectivity index (χ4v) is 4.47. The van der Waals surface area contributed by atoms with Crippen LogP contribution >= 0.6 is 22.6 Å². The summed E-state index contributed by atoms with van der Waals surface area (Å²) in [5, 5.41) is 2.81. The molecule has 2 aromatic rings. The number of nitrogens with one attached hydrogen (secondary N) is 1. The molecular weight excluding hydrogens is 455 g/mol. The number of amides is 1. The minimum Gasteiger partial charge on any atom is -0.379 e. The normalized spacial score (nSPS) is 15.7. The molecule has 6 nitrogen and oxygen atoms in total. The molecule has 1 saturated heterocycles. The molecule has 1 fully saturated rings. The van der Waals surface area contributed by atoms with Gasteiger partial charge in [-0.25, -0.2) is 8.42 Å². The lowest BCUT2D eigenvalue weighted by molar-refractivity contribution is 0.0730. The number of ether oxygens (including phenoxy) is 1. The molecule has 132 valence electrons. The summed E-state index contributed by atoms with van der Waals surface area (Å²) in [6.07, 6.45) is 0. The van der Waals surface area contributed by atoms with E-state index < -0.39 is 10.0 Å². The number of carbonyl (C=O) groups is 1. The topological polar surface area (TPSA) is 75.7 Å². The molecule has 8 heteroatoms. The maximum absolute atomic E-state index is 12.7. The zero-order valence-corrected chi connectivity index (χ0v) is 16.3. The van der Waals surface area contributed by atoms with E-state index in [0.29, 0.717) is 37.6 Å². The van der Waals surface area contributed by atoms with E-state index >= 15 is 0 Å². The molecule has 1 aliphatic rings. The molecule has 25 heavy (non-hydrogen) atoms. The highest BCUT2D eigenvalue weighted by Gasteiger charge is 2.26. The van der Waals surface area contributed by atoms with E-state index in [1.165, 1.54) is 16.4 Å². The molecule has 0 unspecified atom stereocenters. The Labute approximate surface area is 160 Å². The second kappa shape index (κ2) is 7.81. The molecular formula is C17H17IN2O4S. The SMILES string of the molecule is O=C(Nc1ccccc1I)c1cccc(S(=O)(=O)N2CCOCC2)c1. The third kappa shape index (κ3) is 4.20. The zero-order valence-electron chi connectivity index (χ0n) is 13.3. The first-order valence-corrected chi connectivity index (χ1v) is 10.2. The number of benzene rings is 2. The van der Waals surface area contributed by atoms with Crippen molar-refractivity contribution in [1.82, 2.24) is 4.31 Å². The van der Waals surface area contributed by atoms with E-state index in [9.17, 15) is 13.2 Å². The predicted octanol–water partition coefficient (Wildman–Crippen LogP) is 2.56. The molecule has 1 N–H and O–H groups in total. The lowest BCUT2D eigenvalue weighted by Gasteiger charge is -2.26. The monoisotopic (exact) mass is 472 g/mol. The van der Waals surface area contributed by atoms with E-state index in [1.807, 2.05) is 18.2 Å². The second-order valence-corrected chi connectivity index (χ2v) is 8.58. The number of hydrogen-bond donors (Lipinski definition) is 1. The van der Waals surface area contributed by atoms with Gasteiger partial charge < -0.3 is 10.1 Å². The lowest BCUT2D eigenvalue weighted by atomic mass is 10.2. The van der Waals surface area contributed by atoms with Crippen molar-refractivity contribution < 1.29 is 17.9 Å². The van der Waals surface area contributed by atoms with Crippen molar-refractivity contribution in [1.29, 1.82) is 0 Å². The van der Waals surface area contributed by atoms with E-state index in [2.05, 4.69) is 27.9 Å². The fraction of sp³-hybridized carbons (Fsp3) is 0.235. The molecule has 1 aliphatic heterocycles. The Morgan fingerprint density at radius 1 is 1.08 bits per heavy atom. The number of anilines is 1. The van der Waals surface area contributed by atoms with Crippen molar-refractivity contribution in [2.24, 2.45) is 0 Å². The predicted molar refractivity (Wildman–Crippen MR) is 103 cm³/mol. The number of para-hydroxylation sites is 1. The van der Waals surface area contributed by atoms with Crippen LogP contribution in [-0.2, 0) is 14.8 Å². The van der Waals surface area contributed by atoms with Crippen molar-refractivity contribution in [3.05, 3.63) is 57.7 Å². The van der Waals surface area contributed by atoms with Crippen LogP contribution in [0.3, 0.4) is 0 Å². The summed E-state index contributed by atoms with van der Waals surface area (Å²) < 4.78 is 32.9. The highest BCUT2D eigenvalue weighted by molar-refractivity contribution is 14.1. The Kier molecular flexibility index (Phi) is 5.72. The van der Waals surface area contributed by atoms with Crippen molar-refractivity contribution in [3.63, 3.8) is 0 Å². The number of rotatable bonds is 4. The summed E-state index contributed by atoms with van der Waals surface area (Å²) in [7, 11) is -3.63. The molecule has 0 atom stereocenters.